The number of carbonyl (C=O) groups excluding carboxylic acids is 1. The molecule has 1 aromatic heterocycles. The van der Waals surface area contributed by atoms with Gasteiger partial charge in [0.05, 0.1) is 14.2 Å². The molecule has 6 heteroatoms. The van der Waals surface area contributed by atoms with Gasteiger partial charge in [0.25, 0.3) is 5.91 Å². The zero-order valence-corrected chi connectivity index (χ0v) is 19.4. The molecule has 1 aliphatic heterocycles. The maximum Gasteiger partial charge on any atom is 0.272 e. The van der Waals surface area contributed by atoms with Crippen molar-refractivity contribution in [1.82, 2.24) is 15.2 Å². The molecule has 1 N–H and O–H groups in total. The Bertz CT molecular complexity index is 956. The van der Waals surface area contributed by atoms with Gasteiger partial charge in [0.1, 0.15) is 5.69 Å². The number of dihydropyridines is 1. The van der Waals surface area contributed by atoms with E-state index in [0.29, 0.717) is 23.9 Å². The summed E-state index contributed by atoms with van der Waals surface area (Å²) in [6.07, 6.45) is 6.50. The molecule has 0 bridgehead atoms. The van der Waals surface area contributed by atoms with Gasteiger partial charge < -0.3 is 19.7 Å². The zero-order chi connectivity index (χ0) is 22.9. The summed E-state index contributed by atoms with van der Waals surface area (Å²) in [5, 5.41) is 3.34. The van der Waals surface area contributed by atoms with E-state index in [1.165, 1.54) is 5.56 Å². The lowest BCUT2D eigenvalue weighted by Crippen LogP contribution is -2.43. The van der Waals surface area contributed by atoms with E-state index in [1.807, 2.05) is 42.2 Å². The van der Waals surface area contributed by atoms with E-state index in [4.69, 9.17) is 9.47 Å². The predicted molar refractivity (Wildman–Crippen MR) is 126 cm³/mol. The number of hydrogen-bond donors (Lipinski definition) is 1. The van der Waals surface area contributed by atoms with Gasteiger partial charge in [-0.05, 0) is 56.9 Å². The largest absolute Gasteiger partial charge is 0.491 e. The lowest BCUT2D eigenvalue weighted by atomic mass is 10.0. The van der Waals surface area contributed by atoms with E-state index in [-0.39, 0.29) is 18.0 Å². The number of nitrogens with zero attached hydrogens (tertiary/aromatic N) is 2. The summed E-state index contributed by atoms with van der Waals surface area (Å²) in [4.78, 5) is 19.8. The van der Waals surface area contributed by atoms with Crippen molar-refractivity contribution in [3.8, 4) is 0 Å². The van der Waals surface area contributed by atoms with Crippen molar-refractivity contribution < 1.29 is 14.3 Å². The third-order valence-corrected chi connectivity index (χ3v) is 5.72. The van der Waals surface area contributed by atoms with Crippen molar-refractivity contribution in [2.75, 3.05) is 20.8 Å². The minimum Gasteiger partial charge on any atom is -0.491 e. The molecule has 0 radical (unpaired) electrons. The van der Waals surface area contributed by atoms with Crippen LogP contribution in [0.25, 0.3) is 0 Å². The Balaban J connectivity index is 1.71. The molecule has 3 rings (SSSR count). The van der Waals surface area contributed by atoms with Crippen molar-refractivity contribution in [3.63, 3.8) is 0 Å². The number of hydrogen-bond acceptors (Lipinski definition) is 5. The molecule has 0 saturated heterocycles. The Morgan fingerprint density at radius 2 is 1.91 bits per heavy atom. The third-order valence-electron chi connectivity index (χ3n) is 5.72. The molecule has 1 amide bonds. The van der Waals surface area contributed by atoms with E-state index in [1.54, 1.807) is 20.3 Å². The van der Waals surface area contributed by atoms with Crippen LogP contribution in [0.4, 0.5) is 0 Å². The van der Waals surface area contributed by atoms with E-state index in [2.05, 4.69) is 41.5 Å². The summed E-state index contributed by atoms with van der Waals surface area (Å²) in [7, 11) is 3.23. The van der Waals surface area contributed by atoms with Crippen LogP contribution in [-0.2, 0) is 15.9 Å². The average molecular weight is 436 g/mol. The van der Waals surface area contributed by atoms with Gasteiger partial charge in [-0.1, -0.05) is 42.5 Å². The molecule has 2 unspecified atom stereocenters. The van der Waals surface area contributed by atoms with Gasteiger partial charge in [0.2, 0.25) is 5.88 Å². The van der Waals surface area contributed by atoms with Crippen LogP contribution in [0, 0.1) is 6.92 Å². The highest BCUT2D eigenvalue weighted by Crippen LogP contribution is 2.18. The number of carbonyl (C=O) groups is 1. The maximum absolute atomic E-state index is 13.4. The smallest absolute Gasteiger partial charge is 0.272 e. The minimum atomic E-state index is -0.0332. The Hall–Kier alpha value is -3.28. The highest BCUT2D eigenvalue weighted by atomic mass is 16.5. The molecule has 0 spiro atoms. The fourth-order valence-electron chi connectivity index (χ4n) is 3.84. The first-order valence-corrected chi connectivity index (χ1v) is 11.1. The molecule has 2 atom stereocenters. The number of amides is 1. The number of allylic oxidation sites excluding steroid dienone is 1. The quantitative estimate of drug-likeness (QED) is 0.605. The highest BCUT2D eigenvalue weighted by molar-refractivity contribution is 5.92. The average Bonchev–Trinajstić information content (AvgIpc) is 2.83. The molecular formula is C26H33N3O3. The summed E-state index contributed by atoms with van der Waals surface area (Å²) in [6.45, 7) is 4.62. The molecule has 6 nitrogen and oxygen atoms in total. The fraction of sp³-hybridized carbons (Fsp3) is 0.385. The number of aryl methyl sites for hydroxylation is 2. The van der Waals surface area contributed by atoms with Gasteiger partial charge in [0.15, 0.2) is 5.76 Å². The van der Waals surface area contributed by atoms with Gasteiger partial charge >= 0.3 is 0 Å². The van der Waals surface area contributed by atoms with Crippen LogP contribution in [0.1, 0.15) is 41.5 Å². The molecule has 2 heterocycles. The van der Waals surface area contributed by atoms with Crippen LogP contribution in [0.5, 0.6) is 0 Å². The highest BCUT2D eigenvalue weighted by Gasteiger charge is 2.25. The number of ether oxygens (including phenoxy) is 2. The van der Waals surface area contributed by atoms with Crippen LogP contribution in [-0.4, -0.2) is 48.6 Å². The molecule has 2 aromatic rings. The Morgan fingerprint density at radius 1 is 1.12 bits per heavy atom. The van der Waals surface area contributed by atoms with Gasteiger partial charge in [-0.3, -0.25) is 4.79 Å². The molecule has 1 aromatic carbocycles. The first-order valence-electron chi connectivity index (χ1n) is 11.1. The topological polar surface area (TPSA) is 63.7 Å². The van der Waals surface area contributed by atoms with E-state index in [9.17, 15) is 4.79 Å². The van der Waals surface area contributed by atoms with E-state index in [0.717, 1.165) is 25.0 Å². The molecule has 0 saturated carbocycles. The number of benzene rings is 1. The van der Waals surface area contributed by atoms with Crippen molar-refractivity contribution >= 4 is 5.91 Å². The Labute approximate surface area is 190 Å². The summed E-state index contributed by atoms with van der Waals surface area (Å²) < 4.78 is 10.7. The molecule has 1 aliphatic rings. The first-order chi connectivity index (χ1) is 15.5. The molecule has 32 heavy (non-hydrogen) atoms. The SMILES string of the molecule is COC1=C(OC)NC(CCN(C(=O)c2cccc(C)n2)C(C)CCc2ccccc2)C=C1. The van der Waals surface area contributed by atoms with Gasteiger partial charge in [-0.15, -0.1) is 0 Å². The van der Waals surface area contributed by atoms with Crippen molar-refractivity contribution in [2.24, 2.45) is 0 Å². The number of methoxy groups -OCH3 is 2. The second-order valence-corrected chi connectivity index (χ2v) is 8.04. The lowest BCUT2D eigenvalue weighted by molar-refractivity contribution is 0.0670. The number of pyridine rings is 1. The first kappa shape index (κ1) is 23.4. The molecule has 170 valence electrons. The normalized spacial score (nSPS) is 16.3. The van der Waals surface area contributed by atoms with E-state index < -0.39 is 0 Å². The number of rotatable bonds is 10. The maximum atomic E-state index is 13.4. The van der Waals surface area contributed by atoms with Crippen LogP contribution in [0.15, 0.2) is 72.3 Å². The third kappa shape index (κ3) is 6.13. The molecular weight excluding hydrogens is 402 g/mol. The summed E-state index contributed by atoms with van der Waals surface area (Å²) >= 11 is 0. The van der Waals surface area contributed by atoms with Crippen LogP contribution >= 0.6 is 0 Å². The number of aromatic nitrogens is 1. The summed E-state index contributed by atoms with van der Waals surface area (Å²) in [6, 6.07) is 16.1. The van der Waals surface area contributed by atoms with Crippen molar-refractivity contribution in [3.05, 3.63) is 89.3 Å². The Kier molecular flexibility index (Phi) is 8.31. The monoisotopic (exact) mass is 435 g/mol. The zero-order valence-electron chi connectivity index (χ0n) is 19.4. The standard InChI is InChI=1S/C26H33N3O3/c1-19-9-8-12-23(27-19)26(30)29(20(2)13-14-21-10-6-5-7-11-21)18-17-22-15-16-24(31-3)25(28-22)32-4/h5-12,15-16,20,22,28H,13-14,17-18H2,1-4H3. The van der Waals surface area contributed by atoms with Crippen LogP contribution < -0.4 is 5.32 Å². The summed E-state index contributed by atoms with van der Waals surface area (Å²) in [5.41, 5.74) is 2.61. The molecule has 0 fully saturated rings. The fourth-order valence-corrected chi connectivity index (χ4v) is 3.84. The predicted octanol–water partition coefficient (Wildman–Crippen LogP) is 4.23. The minimum absolute atomic E-state index is 0.0332. The van der Waals surface area contributed by atoms with Crippen LogP contribution in [0.3, 0.4) is 0 Å². The van der Waals surface area contributed by atoms with Crippen LogP contribution in [0.2, 0.25) is 0 Å². The second-order valence-electron chi connectivity index (χ2n) is 8.04. The van der Waals surface area contributed by atoms with E-state index >= 15 is 0 Å². The van der Waals surface area contributed by atoms with Crippen molar-refractivity contribution in [1.29, 1.82) is 0 Å². The Morgan fingerprint density at radius 3 is 2.59 bits per heavy atom. The van der Waals surface area contributed by atoms with Crippen molar-refractivity contribution in [2.45, 2.75) is 45.2 Å². The lowest BCUT2D eigenvalue weighted by Gasteiger charge is -2.31. The van der Waals surface area contributed by atoms with Gasteiger partial charge in [-0.2, -0.15) is 0 Å². The van der Waals surface area contributed by atoms with Gasteiger partial charge in [0, 0.05) is 24.3 Å². The second kappa shape index (κ2) is 11.4. The number of nitrogens with one attached hydrogen (secondary N) is 1. The van der Waals surface area contributed by atoms with Gasteiger partial charge in [-0.25, -0.2) is 4.98 Å². The summed E-state index contributed by atoms with van der Waals surface area (Å²) in [5.74, 6) is 1.24. The molecule has 0 aliphatic carbocycles.